The number of benzene rings is 1. The molecule has 0 aliphatic carbocycles. The molecule has 3 aromatic rings. The van der Waals surface area contributed by atoms with E-state index >= 15 is 0 Å². The van der Waals surface area contributed by atoms with Gasteiger partial charge in [-0.25, -0.2) is 9.67 Å². The van der Waals surface area contributed by atoms with E-state index in [0.717, 1.165) is 44.0 Å². The van der Waals surface area contributed by atoms with Crippen molar-refractivity contribution in [1.82, 2.24) is 29.1 Å². The van der Waals surface area contributed by atoms with E-state index in [1.165, 1.54) is 0 Å². The van der Waals surface area contributed by atoms with Gasteiger partial charge in [-0.1, -0.05) is 24.6 Å². The molecule has 1 fully saturated rings. The molecule has 2 aromatic heterocycles. The number of likely N-dealkylation sites (N-methyl/N-ethyl adjacent to an activating group) is 1. The molecule has 158 valence electrons. The van der Waals surface area contributed by atoms with Crippen LogP contribution in [-0.2, 0) is 11.3 Å². The highest BCUT2D eigenvalue weighted by Gasteiger charge is 2.21. The first-order chi connectivity index (χ1) is 14.5. The van der Waals surface area contributed by atoms with Crippen LogP contribution in [0.25, 0.3) is 16.7 Å². The van der Waals surface area contributed by atoms with E-state index in [2.05, 4.69) is 21.9 Å². The van der Waals surface area contributed by atoms with Gasteiger partial charge in [0.05, 0.1) is 11.9 Å². The zero-order valence-electron chi connectivity index (χ0n) is 17.8. The quantitative estimate of drug-likeness (QED) is 0.643. The van der Waals surface area contributed by atoms with E-state index in [9.17, 15) is 9.59 Å². The van der Waals surface area contributed by atoms with Crippen LogP contribution in [0.2, 0.25) is 0 Å². The summed E-state index contributed by atoms with van der Waals surface area (Å²) in [6.45, 7) is 10.6. The first-order valence-electron chi connectivity index (χ1n) is 10.5. The maximum atomic E-state index is 13.1. The molecule has 1 amide bonds. The van der Waals surface area contributed by atoms with Crippen molar-refractivity contribution in [3.63, 3.8) is 0 Å². The Balaban J connectivity index is 1.53. The summed E-state index contributed by atoms with van der Waals surface area (Å²) in [5, 5.41) is 4.85. The van der Waals surface area contributed by atoms with Gasteiger partial charge < -0.3 is 9.80 Å². The Bertz CT molecular complexity index is 1110. The topological polar surface area (TPSA) is 76.3 Å². The van der Waals surface area contributed by atoms with Crippen molar-refractivity contribution in [1.29, 1.82) is 0 Å². The summed E-state index contributed by atoms with van der Waals surface area (Å²) in [5.41, 5.74) is 2.41. The lowest BCUT2D eigenvalue weighted by atomic mass is 10.2. The molecule has 1 aromatic carbocycles. The molecule has 0 bridgehead atoms. The monoisotopic (exact) mass is 408 g/mol. The zero-order chi connectivity index (χ0) is 21.3. The highest BCUT2D eigenvalue weighted by molar-refractivity contribution is 5.77. The van der Waals surface area contributed by atoms with E-state index in [0.29, 0.717) is 29.8 Å². The SMILES string of the molecule is CCN1CCN(C(=O)CCn2c(C)nc3c(cnn3-c3ccc(C)cc3)c2=O)CC1. The van der Waals surface area contributed by atoms with Gasteiger partial charge in [-0.2, -0.15) is 5.10 Å². The minimum Gasteiger partial charge on any atom is -0.340 e. The molecule has 0 spiro atoms. The lowest BCUT2D eigenvalue weighted by Gasteiger charge is -2.34. The Morgan fingerprint density at radius 3 is 2.43 bits per heavy atom. The number of carbonyl (C=O) groups excluding carboxylic acids is 1. The van der Waals surface area contributed by atoms with Gasteiger partial charge in [-0.15, -0.1) is 0 Å². The van der Waals surface area contributed by atoms with Crippen molar-refractivity contribution in [2.45, 2.75) is 33.7 Å². The van der Waals surface area contributed by atoms with Crippen LogP contribution in [-0.4, -0.2) is 67.8 Å². The number of fused-ring (bicyclic) bond motifs is 1. The minimum atomic E-state index is -0.153. The Morgan fingerprint density at radius 1 is 1.07 bits per heavy atom. The summed E-state index contributed by atoms with van der Waals surface area (Å²) in [5.74, 6) is 0.678. The maximum Gasteiger partial charge on any atom is 0.264 e. The van der Waals surface area contributed by atoms with Crippen molar-refractivity contribution in [2.75, 3.05) is 32.7 Å². The Labute approximate surface area is 175 Å². The predicted octanol–water partition coefficient (Wildman–Crippen LogP) is 1.75. The average molecular weight is 409 g/mol. The van der Waals surface area contributed by atoms with E-state index in [4.69, 9.17) is 0 Å². The standard InChI is InChI=1S/C22H28N6O2/c1-4-25-11-13-26(14-12-25)20(29)9-10-27-17(3)24-21-19(22(27)30)15-23-28(21)18-7-5-16(2)6-8-18/h5-8,15H,4,9-14H2,1-3H3. The third kappa shape index (κ3) is 3.87. The fraction of sp³-hybridized carbons (Fsp3) is 0.455. The van der Waals surface area contributed by atoms with Crippen LogP contribution in [0.4, 0.5) is 0 Å². The number of piperazine rings is 1. The number of hydrogen-bond acceptors (Lipinski definition) is 5. The van der Waals surface area contributed by atoms with Gasteiger partial charge in [0, 0.05) is 39.1 Å². The van der Waals surface area contributed by atoms with Crippen molar-refractivity contribution in [3.05, 3.63) is 52.2 Å². The Kier molecular flexibility index (Phi) is 5.67. The summed E-state index contributed by atoms with van der Waals surface area (Å²) >= 11 is 0. The van der Waals surface area contributed by atoms with Gasteiger partial charge in [0.1, 0.15) is 11.2 Å². The molecule has 1 aliphatic rings. The van der Waals surface area contributed by atoms with Crippen LogP contribution < -0.4 is 5.56 Å². The molecule has 30 heavy (non-hydrogen) atoms. The highest BCUT2D eigenvalue weighted by Crippen LogP contribution is 2.15. The van der Waals surface area contributed by atoms with Crippen LogP contribution in [0.1, 0.15) is 24.7 Å². The second kappa shape index (κ2) is 8.39. The molecule has 4 rings (SSSR count). The molecule has 0 saturated carbocycles. The summed E-state index contributed by atoms with van der Waals surface area (Å²) < 4.78 is 3.27. The third-order valence-corrected chi connectivity index (χ3v) is 5.88. The summed E-state index contributed by atoms with van der Waals surface area (Å²) in [6.07, 6.45) is 1.86. The van der Waals surface area contributed by atoms with Crippen LogP contribution in [0.3, 0.4) is 0 Å². The lowest BCUT2D eigenvalue weighted by Crippen LogP contribution is -2.48. The number of hydrogen-bond donors (Lipinski definition) is 0. The second-order valence-electron chi connectivity index (χ2n) is 7.81. The largest absolute Gasteiger partial charge is 0.340 e. The normalized spacial score (nSPS) is 15.1. The fourth-order valence-electron chi connectivity index (χ4n) is 3.92. The van der Waals surface area contributed by atoms with Gasteiger partial charge in [-0.05, 0) is 32.5 Å². The molecule has 0 radical (unpaired) electrons. The van der Waals surface area contributed by atoms with Gasteiger partial charge in [-0.3, -0.25) is 14.2 Å². The van der Waals surface area contributed by atoms with Crippen molar-refractivity contribution in [3.8, 4) is 5.69 Å². The molecule has 1 saturated heterocycles. The molecule has 0 N–H and O–H groups in total. The van der Waals surface area contributed by atoms with Crippen molar-refractivity contribution in [2.24, 2.45) is 0 Å². The van der Waals surface area contributed by atoms with Crippen LogP contribution in [0, 0.1) is 13.8 Å². The van der Waals surface area contributed by atoms with Gasteiger partial charge >= 0.3 is 0 Å². The lowest BCUT2D eigenvalue weighted by molar-refractivity contribution is -0.133. The predicted molar refractivity (Wildman–Crippen MR) is 116 cm³/mol. The Hall–Kier alpha value is -3.00. The molecular formula is C22H28N6O2. The number of aryl methyl sites for hydroxylation is 2. The number of carbonyl (C=O) groups is 1. The molecular weight excluding hydrogens is 380 g/mol. The van der Waals surface area contributed by atoms with E-state index in [1.54, 1.807) is 22.4 Å². The summed E-state index contributed by atoms with van der Waals surface area (Å²) in [7, 11) is 0. The van der Waals surface area contributed by atoms with E-state index in [1.807, 2.05) is 36.1 Å². The highest BCUT2D eigenvalue weighted by atomic mass is 16.2. The maximum absolute atomic E-state index is 13.1. The number of aromatic nitrogens is 4. The van der Waals surface area contributed by atoms with Gasteiger partial charge in [0.25, 0.3) is 5.56 Å². The summed E-state index contributed by atoms with van der Waals surface area (Å²) in [6, 6.07) is 7.92. The van der Waals surface area contributed by atoms with Crippen LogP contribution >= 0.6 is 0 Å². The zero-order valence-corrected chi connectivity index (χ0v) is 17.8. The molecule has 3 heterocycles. The molecule has 8 nitrogen and oxygen atoms in total. The molecule has 0 unspecified atom stereocenters. The van der Waals surface area contributed by atoms with Crippen LogP contribution in [0.5, 0.6) is 0 Å². The number of nitrogens with zero attached hydrogens (tertiary/aromatic N) is 6. The van der Waals surface area contributed by atoms with Crippen LogP contribution in [0.15, 0.2) is 35.3 Å². The average Bonchev–Trinajstić information content (AvgIpc) is 3.18. The second-order valence-corrected chi connectivity index (χ2v) is 7.81. The molecule has 1 aliphatic heterocycles. The van der Waals surface area contributed by atoms with Crippen molar-refractivity contribution >= 4 is 16.9 Å². The smallest absolute Gasteiger partial charge is 0.264 e. The van der Waals surface area contributed by atoms with E-state index in [-0.39, 0.29) is 11.5 Å². The first-order valence-corrected chi connectivity index (χ1v) is 10.5. The number of amides is 1. The molecule has 0 atom stereocenters. The van der Waals surface area contributed by atoms with Gasteiger partial charge in [0.15, 0.2) is 5.65 Å². The van der Waals surface area contributed by atoms with E-state index < -0.39 is 0 Å². The minimum absolute atomic E-state index is 0.0903. The molecule has 8 heteroatoms. The third-order valence-electron chi connectivity index (χ3n) is 5.88. The first kappa shape index (κ1) is 20.3. The Morgan fingerprint density at radius 2 is 1.77 bits per heavy atom. The van der Waals surface area contributed by atoms with Gasteiger partial charge in [0.2, 0.25) is 5.91 Å². The fourth-order valence-corrected chi connectivity index (χ4v) is 3.92. The van der Waals surface area contributed by atoms with Crippen molar-refractivity contribution < 1.29 is 4.79 Å². The number of rotatable bonds is 5. The summed E-state index contributed by atoms with van der Waals surface area (Å²) in [4.78, 5) is 34.6.